The van der Waals surface area contributed by atoms with Gasteiger partial charge in [0.25, 0.3) is 0 Å². The number of hydrogen-bond acceptors (Lipinski definition) is 3. The van der Waals surface area contributed by atoms with Crippen molar-refractivity contribution in [2.45, 2.75) is 44.1 Å². The minimum Gasteiger partial charge on any atom is -0.384 e. The minimum atomic E-state index is -1.06. The Hall–Kier alpha value is -1.97. The van der Waals surface area contributed by atoms with E-state index in [4.69, 9.17) is 0 Å². The summed E-state index contributed by atoms with van der Waals surface area (Å²) in [6, 6.07) is 18.4. The third-order valence-corrected chi connectivity index (χ3v) is 6.49. The van der Waals surface area contributed by atoms with Crippen molar-refractivity contribution in [2.75, 3.05) is 13.1 Å². The molecule has 4 rings (SSSR count). The van der Waals surface area contributed by atoms with Gasteiger partial charge in [0.05, 0.1) is 11.5 Å². The first-order valence-electron chi connectivity index (χ1n) is 10.3. The number of piperidine rings is 1. The third kappa shape index (κ3) is 3.71. The van der Waals surface area contributed by atoms with E-state index in [1.54, 1.807) is 0 Å². The van der Waals surface area contributed by atoms with Gasteiger partial charge in [-0.3, -0.25) is 4.79 Å². The lowest BCUT2D eigenvalue weighted by Crippen LogP contribution is -2.47. The third-order valence-electron chi connectivity index (χ3n) is 6.49. The van der Waals surface area contributed by atoms with Crippen molar-refractivity contribution in [1.29, 1.82) is 0 Å². The lowest BCUT2D eigenvalue weighted by Gasteiger charge is -2.42. The van der Waals surface area contributed by atoms with Crippen molar-refractivity contribution in [3.63, 3.8) is 0 Å². The van der Waals surface area contributed by atoms with Crippen molar-refractivity contribution in [3.05, 3.63) is 71.3 Å². The summed E-state index contributed by atoms with van der Waals surface area (Å²) in [7, 11) is 0. The van der Waals surface area contributed by atoms with Crippen LogP contribution in [0.5, 0.6) is 0 Å². The van der Waals surface area contributed by atoms with Crippen LogP contribution in [0.4, 0.5) is 0 Å². The fourth-order valence-corrected chi connectivity index (χ4v) is 4.94. The predicted molar refractivity (Wildman–Crippen MR) is 108 cm³/mol. The average molecular weight is 364 g/mol. The molecule has 142 valence electrons. The van der Waals surface area contributed by atoms with Crippen LogP contribution >= 0.6 is 0 Å². The number of aryl methyl sites for hydroxylation is 2. The monoisotopic (exact) mass is 363 g/mol. The first-order chi connectivity index (χ1) is 13.2. The van der Waals surface area contributed by atoms with E-state index >= 15 is 0 Å². The Morgan fingerprint density at radius 3 is 2.48 bits per heavy atom. The molecule has 2 aliphatic rings. The molecular formula is C24H29NO2. The van der Waals surface area contributed by atoms with Crippen LogP contribution < -0.4 is 5.32 Å². The van der Waals surface area contributed by atoms with Crippen LogP contribution in [0, 0.1) is 11.8 Å². The van der Waals surface area contributed by atoms with Gasteiger partial charge in [0.15, 0.2) is 0 Å². The van der Waals surface area contributed by atoms with E-state index in [9.17, 15) is 9.90 Å². The summed E-state index contributed by atoms with van der Waals surface area (Å²) in [4.78, 5) is 13.4. The van der Waals surface area contributed by atoms with Gasteiger partial charge in [-0.1, -0.05) is 54.6 Å². The van der Waals surface area contributed by atoms with Gasteiger partial charge in [-0.15, -0.1) is 0 Å². The smallest absolute Gasteiger partial charge is 0.142 e. The van der Waals surface area contributed by atoms with E-state index in [2.05, 4.69) is 23.5 Å². The summed E-state index contributed by atoms with van der Waals surface area (Å²) in [5.74, 6) is 0.0746. The number of nitrogens with one attached hydrogen (secondary N) is 1. The molecule has 2 aromatic rings. The molecule has 0 saturated carbocycles. The number of hydrogen-bond donors (Lipinski definition) is 2. The second-order valence-corrected chi connectivity index (χ2v) is 8.08. The highest BCUT2D eigenvalue weighted by Crippen LogP contribution is 2.44. The lowest BCUT2D eigenvalue weighted by molar-refractivity contribution is -0.140. The maximum absolute atomic E-state index is 13.4. The van der Waals surface area contributed by atoms with Crippen LogP contribution in [0.2, 0.25) is 0 Å². The van der Waals surface area contributed by atoms with E-state index in [0.717, 1.165) is 50.8 Å². The van der Waals surface area contributed by atoms with Gasteiger partial charge >= 0.3 is 0 Å². The molecule has 2 N–H and O–H groups in total. The number of fused-ring (bicyclic) bond motifs is 1. The highest BCUT2D eigenvalue weighted by molar-refractivity contribution is 5.85. The first kappa shape index (κ1) is 18.4. The lowest BCUT2D eigenvalue weighted by atomic mass is 9.65. The number of carbonyl (C=O) groups excluding carboxylic acids is 1. The van der Waals surface area contributed by atoms with Gasteiger partial charge in [0.1, 0.15) is 5.78 Å². The number of benzene rings is 2. The normalized spacial score (nSPS) is 25.7. The molecular weight excluding hydrogens is 334 g/mol. The summed E-state index contributed by atoms with van der Waals surface area (Å²) in [5.41, 5.74) is 2.32. The molecule has 0 aromatic heterocycles. The van der Waals surface area contributed by atoms with E-state index in [0.29, 0.717) is 6.42 Å². The van der Waals surface area contributed by atoms with E-state index < -0.39 is 5.60 Å². The van der Waals surface area contributed by atoms with E-state index in [1.165, 1.54) is 11.1 Å². The second kappa shape index (κ2) is 7.95. The number of rotatable bonds is 5. The zero-order valence-electron chi connectivity index (χ0n) is 15.9. The molecule has 3 heteroatoms. The van der Waals surface area contributed by atoms with Crippen LogP contribution in [0.15, 0.2) is 54.6 Å². The maximum atomic E-state index is 13.4. The average Bonchev–Trinajstić information content (AvgIpc) is 2.74. The zero-order valence-corrected chi connectivity index (χ0v) is 15.9. The van der Waals surface area contributed by atoms with Gasteiger partial charge in [-0.25, -0.2) is 0 Å². The predicted octanol–water partition coefficient (Wildman–Crippen LogP) is 3.64. The molecule has 1 aliphatic carbocycles. The highest BCUT2D eigenvalue weighted by Gasteiger charge is 2.47. The van der Waals surface area contributed by atoms with Crippen LogP contribution in [0.1, 0.15) is 42.4 Å². The van der Waals surface area contributed by atoms with Gasteiger partial charge in [-0.2, -0.15) is 0 Å². The standard InChI is InChI=1S/C24H29NO2/c26-23(20-13-16-25-17-14-20)22-11-10-19-8-4-5-9-21(19)24(22,27)15-12-18-6-2-1-3-7-18/h1-9,20,22,25,27H,10-17H2. The Bertz CT molecular complexity index is 782. The molecule has 1 saturated heterocycles. The molecule has 0 amide bonds. The highest BCUT2D eigenvalue weighted by atomic mass is 16.3. The second-order valence-electron chi connectivity index (χ2n) is 8.08. The van der Waals surface area contributed by atoms with Crippen LogP contribution in [0.3, 0.4) is 0 Å². The van der Waals surface area contributed by atoms with Gasteiger partial charge in [-0.05, 0) is 68.3 Å². The van der Waals surface area contributed by atoms with Gasteiger partial charge in [0.2, 0.25) is 0 Å². The first-order valence-corrected chi connectivity index (χ1v) is 10.3. The minimum absolute atomic E-state index is 0.0877. The van der Waals surface area contributed by atoms with Gasteiger partial charge < -0.3 is 10.4 Å². The number of ketones is 1. The topological polar surface area (TPSA) is 49.3 Å². The van der Waals surface area contributed by atoms with Crippen molar-refractivity contribution in [2.24, 2.45) is 11.8 Å². The Labute approximate surface area is 161 Å². The zero-order chi connectivity index (χ0) is 18.7. The Kier molecular flexibility index (Phi) is 5.42. The van der Waals surface area contributed by atoms with Gasteiger partial charge in [0, 0.05) is 5.92 Å². The summed E-state index contributed by atoms with van der Waals surface area (Å²) < 4.78 is 0. The van der Waals surface area contributed by atoms with Crippen LogP contribution in [-0.4, -0.2) is 24.0 Å². The number of aliphatic hydroxyl groups is 1. The fraction of sp³-hybridized carbons (Fsp3) is 0.458. The molecule has 2 unspecified atom stereocenters. The fourth-order valence-electron chi connectivity index (χ4n) is 4.94. The maximum Gasteiger partial charge on any atom is 0.142 e. The number of Topliss-reactive ketones (excluding diaryl/α,β-unsaturated/α-hetero) is 1. The molecule has 1 fully saturated rings. The molecule has 1 heterocycles. The molecule has 0 radical (unpaired) electrons. The molecule has 2 aromatic carbocycles. The molecule has 0 bridgehead atoms. The van der Waals surface area contributed by atoms with E-state index in [-0.39, 0.29) is 17.6 Å². The summed E-state index contributed by atoms with van der Waals surface area (Å²) in [5, 5.41) is 15.2. The van der Waals surface area contributed by atoms with Crippen molar-refractivity contribution in [3.8, 4) is 0 Å². The molecule has 1 aliphatic heterocycles. The largest absolute Gasteiger partial charge is 0.384 e. The van der Waals surface area contributed by atoms with Crippen LogP contribution in [0.25, 0.3) is 0 Å². The Morgan fingerprint density at radius 1 is 1.00 bits per heavy atom. The van der Waals surface area contributed by atoms with E-state index in [1.807, 2.05) is 36.4 Å². The molecule has 0 spiro atoms. The van der Waals surface area contributed by atoms with Crippen molar-refractivity contribution < 1.29 is 9.90 Å². The SMILES string of the molecule is O=C(C1CCNCC1)C1CCc2ccccc2C1(O)CCc1ccccc1. The summed E-state index contributed by atoms with van der Waals surface area (Å²) in [6.07, 6.45) is 4.80. The van der Waals surface area contributed by atoms with Crippen molar-refractivity contribution >= 4 is 5.78 Å². The molecule has 3 nitrogen and oxygen atoms in total. The Balaban J connectivity index is 1.63. The molecule has 27 heavy (non-hydrogen) atoms. The molecule has 2 atom stereocenters. The van der Waals surface area contributed by atoms with Crippen LogP contribution in [-0.2, 0) is 23.2 Å². The van der Waals surface area contributed by atoms with Crippen molar-refractivity contribution in [1.82, 2.24) is 5.32 Å². The quantitative estimate of drug-likeness (QED) is 0.853. The Morgan fingerprint density at radius 2 is 1.70 bits per heavy atom. The number of carbonyl (C=O) groups is 1. The summed E-state index contributed by atoms with van der Waals surface area (Å²) >= 11 is 0. The summed E-state index contributed by atoms with van der Waals surface area (Å²) in [6.45, 7) is 1.81.